The van der Waals surface area contributed by atoms with Gasteiger partial charge < -0.3 is 4.74 Å². The van der Waals surface area contributed by atoms with Gasteiger partial charge in [-0.25, -0.2) is 4.79 Å². The predicted octanol–water partition coefficient (Wildman–Crippen LogP) is 2.15. The Kier molecular flexibility index (Phi) is 4.63. The first-order valence-electron chi connectivity index (χ1n) is 5.93. The lowest BCUT2D eigenvalue weighted by Gasteiger charge is -2.09. The molecule has 0 amide bonds. The van der Waals surface area contributed by atoms with Crippen molar-refractivity contribution < 1.29 is 17.9 Å². The fourth-order valence-electron chi connectivity index (χ4n) is 1.53. The molecular formula is C12H12BrN3O4S. The van der Waals surface area contributed by atoms with Crippen molar-refractivity contribution in [2.45, 2.75) is 11.9 Å². The Morgan fingerprint density at radius 1 is 1.43 bits per heavy atom. The van der Waals surface area contributed by atoms with Gasteiger partial charge in [-0.05, 0) is 47.1 Å². The van der Waals surface area contributed by atoms with Gasteiger partial charge in [-0.3, -0.25) is 9.82 Å². The van der Waals surface area contributed by atoms with Crippen LogP contribution in [0.25, 0.3) is 0 Å². The molecular weight excluding hydrogens is 362 g/mol. The van der Waals surface area contributed by atoms with Crippen LogP contribution in [0, 0.1) is 0 Å². The van der Waals surface area contributed by atoms with Gasteiger partial charge in [0.25, 0.3) is 10.0 Å². The third-order valence-corrected chi connectivity index (χ3v) is 4.44. The van der Waals surface area contributed by atoms with Gasteiger partial charge in [0.1, 0.15) is 0 Å². The summed E-state index contributed by atoms with van der Waals surface area (Å²) in [6.07, 6.45) is 1.34. The highest BCUT2D eigenvalue weighted by Crippen LogP contribution is 2.26. The number of carbonyl (C=O) groups excluding carboxylic acids is 1. The zero-order valence-corrected chi connectivity index (χ0v) is 13.4. The molecule has 0 radical (unpaired) electrons. The second-order valence-electron chi connectivity index (χ2n) is 3.94. The summed E-state index contributed by atoms with van der Waals surface area (Å²) in [5.74, 6) is -0.471. The molecule has 7 nitrogen and oxygen atoms in total. The summed E-state index contributed by atoms with van der Waals surface area (Å²) in [7, 11) is -3.75. The van der Waals surface area contributed by atoms with E-state index in [1.807, 2.05) is 0 Å². The summed E-state index contributed by atoms with van der Waals surface area (Å²) >= 11 is 3.22. The molecule has 112 valence electrons. The van der Waals surface area contributed by atoms with Crippen LogP contribution >= 0.6 is 15.9 Å². The lowest BCUT2D eigenvalue weighted by atomic mass is 10.2. The lowest BCUT2D eigenvalue weighted by molar-refractivity contribution is 0.0526. The fourth-order valence-corrected chi connectivity index (χ4v) is 3.13. The van der Waals surface area contributed by atoms with Gasteiger partial charge in [0.15, 0.2) is 5.03 Å². The number of benzene rings is 1. The number of nitrogens with one attached hydrogen (secondary N) is 2. The Hall–Kier alpha value is -1.87. The third kappa shape index (κ3) is 3.61. The van der Waals surface area contributed by atoms with Gasteiger partial charge in [0.2, 0.25) is 0 Å². The van der Waals surface area contributed by atoms with E-state index >= 15 is 0 Å². The lowest BCUT2D eigenvalue weighted by Crippen LogP contribution is -2.14. The first-order valence-corrected chi connectivity index (χ1v) is 8.20. The van der Waals surface area contributed by atoms with Crippen LogP contribution in [-0.4, -0.2) is 31.2 Å². The third-order valence-electron chi connectivity index (χ3n) is 2.49. The number of carbonyl (C=O) groups is 1. The summed E-state index contributed by atoms with van der Waals surface area (Å²) in [5, 5.41) is 5.91. The van der Waals surface area contributed by atoms with E-state index in [1.54, 1.807) is 6.92 Å². The molecule has 1 aromatic heterocycles. The summed E-state index contributed by atoms with van der Waals surface area (Å²) in [6, 6.07) is 5.78. The molecule has 0 fully saturated rings. The van der Waals surface area contributed by atoms with Gasteiger partial charge in [-0.1, -0.05) is 0 Å². The number of anilines is 1. The monoisotopic (exact) mass is 373 g/mol. The van der Waals surface area contributed by atoms with Gasteiger partial charge in [0.05, 0.1) is 24.1 Å². The first kappa shape index (κ1) is 15.5. The minimum atomic E-state index is -3.75. The minimum absolute atomic E-state index is 0.0520. The number of H-pyrrole nitrogens is 1. The van der Waals surface area contributed by atoms with Crippen molar-refractivity contribution in [2.24, 2.45) is 0 Å². The predicted molar refractivity (Wildman–Crippen MR) is 79.5 cm³/mol. The quantitative estimate of drug-likeness (QED) is 0.781. The number of nitrogens with zero attached hydrogens (tertiary/aromatic N) is 1. The van der Waals surface area contributed by atoms with Crippen LogP contribution in [0.4, 0.5) is 5.69 Å². The molecule has 2 rings (SSSR count). The number of ether oxygens (including phenoxy) is 1. The molecule has 0 saturated carbocycles. The Balaban J connectivity index is 2.24. The molecule has 0 atom stereocenters. The normalized spacial score (nSPS) is 11.1. The molecule has 0 unspecified atom stereocenters. The number of esters is 1. The van der Waals surface area contributed by atoms with Crippen molar-refractivity contribution in [3.8, 4) is 0 Å². The zero-order valence-electron chi connectivity index (χ0n) is 11.0. The number of aromatic amines is 1. The Labute approximate surface area is 129 Å². The van der Waals surface area contributed by atoms with Crippen molar-refractivity contribution in [1.29, 1.82) is 0 Å². The molecule has 0 spiro atoms. The highest BCUT2D eigenvalue weighted by molar-refractivity contribution is 9.10. The second-order valence-corrected chi connectivity index (χ2v) is 6.45. The van der Waals surface area contributed by atoms with E-state index in [0.29, 0.717) is 15.7 Å². The Bertz CT molecular complexity index is 744. The maximum absolute atomic E-state index is 12.0. The van der Waals surface area contributed by atoms with E-state index in [-0.39, 0.29) is 11.6 Å². The van der Waals surface area contributed by atoms with Crippen LogP contribution in [0.15, 0.2) is 40.0 Å². The van der Waals surface area contributed by atoms with E-state index in [2.05, 4.69) is 30.8 Å². The molecule has 0 aliphatic heterocycles. The molecule has 1 aromatic carbocycles. The number of sulfonamides is 1. The van der Waals surface area contributed by atoms with E-state index in [4.69, 9.17) is 4.74 Å². The van der Waals surface area contributed by atoms with Gasteiger partial charge in [-0.2, -0.15) is 13.5 Å². The maximum atomic E-state index is 12.0. The van der Waals surface area contributed by atoms with Crippen molar-refractivity contribution in [2.75, 3.05) is 11.3 Å². The molecule has 9 heteroatoms. The smallest absolute Gasteiger partial charge is 0.338 e. The summed E-state index contributed by atoms with van der Waals surface area (Å²) in [6.45, 7) is 1.98. The number of rotatable bonds is 5. The minimum Gasteiger partial charge on any atom is -0.462 e. The van der Waals surface area contributed by atoms with E-state index in [1.165, 1.54) is 30.5 Å². The van der Waals surface area contributed by atoms with Crippen LogP contribution in [0.3, 0.4) is 0 Å². The maximum Gasteiger partial charge on any atom is 0.338 e. The topological polar surface area (TPSA) is 101 Å². The van der Waals surface area contributed by atoms with Gasteiger partial charge in [0, 0.05) is 4.47 Å². The number of aromatic nitrogens is 2. The van der Waals surface area contributed by atoms with E-state index < -0.39 is 16.0 Å². The van der Waals surface area contributed by atoms with Gasteiger partial charge in [-0.15, -0.1) is 0 Å². The molecule has 0 bridgehead atoms. The molecule has 1 heterocycles. The van der Waals surface area contributed by atoms with Crippen LogP contribution in [0.5, 0.6) is 0 Å². The standard InChI is InChI=1S/C12H12BrN3O4S/c1-2-20-12(17)8-3-4-10(9(13)7-8)16-21(18,19)11-5-6-14-15-11/h3-7,16H,2H2,1H3,(H,14,15). The van der Waals surface area contributed by atoms with Crippen molar-refractivity contribution in [3.05, 3.63) is 40.5 Å². The highest BCUT2D eigenvalue weighted by atomic mass is 79.9. The van der Waals surface area contributed by atoms with Crippen LogP contribution in [-0.2, 0) is 14.8 Å². The fraction of sp³-hybridized carbons (Fsp3) is 0.167. The van der Waals surface area contributed by atoms with Crippen LogP contribution in [0.2, 0.25) is 0 Å². The largest absolute Gasteiger partial charge is 0.462 e. The summed E-state index contributed by atoms with van der Waals surface area (Å²) in [5.41, 5.74) is 0.630. The molecule has 0 saturated heterocycles. The van der Waals surface area contributed by atoms with Crippen LogP contribution in [0.1, 0.15) is 17.3 Å². The van der Waals surface area contributed by atoms with Crippen molar-refractivity contribution in [3.63, 3.8) is 0 Å². The van der Waals surface area contributed by atoms with Crippen molar-refractivity contribution >= 4 is 37.6 Å². The molecule has 21 heavy (non-hydrogen) atoms. The summed E-state index contributed by atoms with van der Waals surface area (Å²) < 4.78 is 31.8. The SMILES string of the molecule is CCOC(=O)c1ccc(NS(=O)(=O)c2ccn[nH]2)c(Br)c1. The van der Waals surface area contributed by atoms with E-state index in [0.717, 1.165) is 0 Å². The van der Waals surface area contributed by atoms with Crippen molar-refractivity contribution in [1.82, 2.24) is 10.2 Å². The second kappa shape index (κ2) is 6.27. The van der Waals surface area contributed by atoms with E-state index in [9.17, 15) is 13.2 Å². The van der Waals surface area contributed by atoms with Crippen LogP contribution < -0.4 is 4.72 Å². The zero-order chi connectivity index (χ0) is 15.5. The number of hydrogen-bond donors (Lipinski definition) is 2. The molecule has 0 aliphatic rings. The van der Waals surface area contributed by atoms with Gasteiger partial charge >= 0.3 is 5.97 Å². The molecule has 0 aliphatic carbocycles. The summed E-state index contributed by atoms with van der Waals surface area (Å²) in [4.78, 5) is 11.6. The Morgan fingerprint density at radius 2 is 2.19 bits per heavy atom. The molecule has 2 aromatic rings. The average molecular weight is 374 g/mol. The Morgan fingerprint density at radius 3 is 2.76 bits per heavy atom. The first-order chi connectivity index (χ1) is 9.94. The highest BCUT2D eigenvalue weighted by Gasteiger charge is 2.18. The number of hydrogen-bond acceptors (Lipinski definition) is 5. The average Bonchev–Trinajstić information content (AvgIpc) is 2.96. The number of halogens is 1. The molecule has 2 N–H and O–H groups in total.